The lowest BCUT2D eigenvalue weighted by Gasteiger charge is -2.18. The molecule has 0 radical (unpaired) electrons. The van der Waals surface area contributed by atoms with E-state index in [1.165, 1.54) is 11.1 Å². The maximum atomic E-state index is 12.2. The summed E-state index contributed by atoms with van der Waals surface area (Å²) in [6.07, 6.45) is 1.23. The second kappa shape index (κ2) is 9.46. The molecule has 1 aromatic rings. The van der Waals surface area contributed by atoms with Crippen molar-refractivity contribution in [1.29, 1.82) is 0 Å². The Labute approximate surface area is 134 Å². The number of hydrogen-bond acceptors (Lipinski definition) is 3. The highest BCUT2D eigenvalue weighted by Gasteiger charge is 2.17. The van der Waals surface area contributed by atoms with Crippen LogP contribution in [0.3, 0.4) is 0 Å². The van der Waals surface area contributed by atoms with Crippen LogP contribution in [0, 0.1) is 13.8 Å². The highest BCUT2D eigenvalue weighted by atomic mass is 16.5. The largest absolute Gasteiger partial charge is 0.481 e. The Hall–Kier alpha value is -1.55. The van der Waals surface area contributed by atoms with Gasteiger partial charge in [-0.1, -0.05) is 13.0 Å². The fourth-order valence-corrected chi connectivity index (χ4v) is 1.99. The van der Waals surface area contributed by atoms with Gasteiger partial charge in [0.15, 0.2) is 6.10 Å². The molecule has 0 fully saturated rings. The number of rotatable bonds is 9. The molecule has 0 saturated heterocycles. The fraction of sp³-hybridized carbons (Fsp3) is 0.611. The Morgan fingerprint density at radius 1 is 1.23 bits per heavy atom. The predicted octanol–water partition coefficient (Wildman–Crippen LogP) is 3.39. The third kappa shape index (κ3) is 6.48. The second-order valence-electron chi connectivity index (χ2n) is 5.82. The molecule has 0 aliphatic rings. The summed E-state index contributed by atoms with van der Waals surface area (Å²) in [5, 5.41) is 2.91. The first kappa shape index (κ1) is 18.5. The van der Waals surface area contributed by atoms with E-state index in [0.29, 0.717) is 19.6 Å². The zero-order valence-corrected chi connectivity index (χ0v) is 14.4. The topological polar surface area (TPSA) is 47.6 Å². The van der Waals surface area contributed by atoms with Gasteiger partial charge < -0.3 is 14.8 Å². The van der Waals surface area contributed by atoms with Crippen molar-refractivity contribution in [2.24, 2.45) is 0 Å². The molecular weight excluding hydrogens is 278 g/mol. The van der Waals surface area contributed by atoms with Gasteiger partial charge in [0.05, 0.1) is 6.10 Å². The molecule has 1 atom stereocenters. The van der Waals surface area contributed by atoms with Crippen LogP contribution in [0.1, 0.15) is 44.7 Å². The average molecular weight is 307 g/mol. The Bertz CT molecular complexity index is 471. The minimum absolute atomic E-state index is 0.0646. The first-order valence-electron chi connectivity index (χ1n) is 8.07. The molecule has 1 aromatic carbocycles. The molecule has 0 aromatic heterocycles. The number of carbonyl (C=O) groups is 1. The van der Waals surface area contributed by atoms with Gasteiger partial charge in [0.1, 0.15) is 5.75 Å². The van der Waals surface area contributed by atoms with Crippen LogP contribution in [0.5, 0.6) is 5.75 Å². The van der Waals surface area contributed by atoms with Crippen LogP contribution >= 0.6 is 0 Å². The molecule has 0 aliphatic heterocycles. The van der Waals surface area contributed by atoms with Gasteiger partial charge in [-0.15, -0.1) is 0 Å². The van der Waals surface area contributed by atoms with Gasteiger partial charge in [-0.2, -0.15) is 0 Å². The molecule has 4 nitrogen and oxygen atoms in total. The van der Waals surface area contributed by atoms with Gasteiger partial charge in [-0.25, -0.2) is 0 Å². The normalized spacial score (nSPS) is 12.3. The highest BCUT2D eigenvalue weighted by Crippen LogP contribution is 2.18. The number of nitrogens with one attached hydrogen (secondary N) is 1. The third-order valence-electron chi connectivity index (χ3n) is 3.49. The summed E-state index contributed by atoms with van der Waals surface area (Å²) < 4.78 is 11.3. The van der Waals surface area contributed by atoms with E-state index in [0.717, 1.165) is 12.2 Å². The van der Waals surface area contributed by atoms with Crippen molar-refractivity contribution in [2.75, 3.05) is 13.2 Å². The number of hydrogen-bond donors (Lipinski definition) is 1. The van der Waals surface area contributed by atoms with Gasteiger partial charge >= 0.3 is 0 Å². The molecule has 22 heavy (non-hydrogen) atoms. The Balaban J connectivity index is 2.42. The standard InChI is InChI=1S/C18H29NO3/c1-6-17(18(20)19-10-7-11-21-13(2)3)22-16-9-8-14(4)15(5)12-16/h8-9,12-13,17H,6-7,10-11H2,1-5H3,(H,19,20)/t17-/m1/s1. The zero-order chi connectivity index (χ0) is 16.5. The number of benzene rings is 1. The van der Waals surface area contributed by atoms with E-state index < -0.39 is 6.10 Å². The predicted molar refractivity (Wildman–Crippen MR) is 89.3 cm³/mol. The van der Waals surface area contributed by atoms with Crippen molar-refractivity contribution in [1.82, 2.24) is 5.32 Å². The van der Waals surface area contributed by atoms with E-state index >= 15 is 0 Å². The van der Waals surface area contributed by atoms with Crippen LogP contribution in [0.25, 0.3) is 0 Å². The minimum Gasteiger partial charge on any atom is -0.481 e. The smallest absolute Gasteiger partial charge is 0.261 e. The van der Waals surface area contributed by atoms with Crippen molar-refractivity contribution in [2.45, 2.75) is 59.7 Å². The molecule has 1 rings (SSSR count). The lowest BCUT2D eigenvalue weighted by molar-refractivity contribution is -0.128. The average Bonchev–Trinajstić information content (AvgIpc) is 2.47. The van der Waals surface area contributed by atoms with Crippen molar-refractivity contribution in [3.63, 3.8) is 0 Å². The molecule has 1 N–H and O–H groups in total. The van der Waals surface area contributed by atoms with Crippen molar-refractivity contribution in [3.05, 3.63) is 29.3 Å². The number of ether oxygens (including phenoxy) is 2. The molecule has 1 amide bonds. The summed E-state index contributed by atoms with van der Waals surface area (Å²) >= 11 is 0. The van der Waals surface area contributed by atoms with E-state index in [4.69, 9.17) is 9.47 Å². The summed E-state index contributed by atoms with van der Waals surface area (Å²) in [5.74, 6) is 0.679. The second-order valence-corrected chi connectivity index (χ2v) is 5.82. The van der Waals surface area contributed by atoms with Crippen LogP contribution < -0.4 is 10.1 Å². The van der Waals surface area contributed by atoms with E-state index in [9.17, 15) is 4.79 Å². The first-order valence-corrected chi connectivity index (χ1v) is 8.07. The first-order chi connectivity index (χ1) is 10.4. The lowest BCUT2D eigenvalue weighted by atomic mass is 10.1. The van der Waals surface area contributed by atoms with Crippen molar-refractivity contribution < 1.29 is 14.3 Å². The monoisotopic (exact) mass is 307 g/mol. The van der Waals surface area contributed by atoms with Gasteiger partial charge in [0, 0.05) is 13.2 Å². The van der Waals surface area contributed by atoms with Crippen molar-refractivity contribution in [3.8, 4) is 5.75 Å². The maximum Gasteiger partial charge on any atom is 0.261 e. The molecule has 0 saturated carbocycles. The van der Waals surface area contributed by atoms with Crippen LogP contribution in [-0.4, -0.2) is 31.3 Å². The van der Waals surface area contributed by atoms with E-state index in [2.05, 4.69) is 12.2 Å². The summed E-state index contributed by atoms with van der Waals surface area (Å²) in [5.41, 5.74) is 2.38. The molecule has 0 unspecified atom stereocenters. The SMILES string of the molecule is CC[C@@H](Oc1ccc(C)c(C)c1)C(=O)NCCCOC(C)C. The van der Waals surface area contributed by atoms with Crippen LogP contribution in [0.4, 0.5) is 0 Å². The van der Waals surface area contributed by atoms with E-state index in [-0.39, 0.29) is 12.0 Å². The van der Waals surface area contributed by atoms with Crippen LogP contribution in [0.15, 0.2) is 18.2 Å². The molecule has 0 spiro atoms. The summed E-state index contributed by atoms with van der Waals surface area (Å²) in [7, 11) is 0. The van der Waals surface area contributed by atoms with Gasteiger partial charge in [0.25, 0.3) is 5.91 Å². The Kier molecular flexibility index (Phi) is 7.96. The minimum atomic E-state index is -0.451. The third-order valence-corrected chi connectivity index (χ3v) is 3.49. The molecule has 124 valence electrons. The Morgan fingerprint density at radius 2 is 1.95 bits per heavy atom. The number of aryl methyl sites for hydroxylation is 2. The highest BCUT2D eigenvalue weighted by molar-refractivity contribution is 5.81. The summed E-state index contributed by atoms with van der Waals surface area (Å²) in [6.45, 7) is 11.3. The van der Waals surface area contributed by atoms with Crippen molar-refractivity contribution >= 4 is 5.91 Å². The summed E-state index contributed by atoms with van der Waals surface area (Å²) in [6, 6.07) is 5.90. The van der Waals surface area contributed by atoms with Gasteiger partial charge in [-0.05, 0) is 63.8 Å². The fourth-order valence-electron chi connectivity index (χ4n) is 1.99. The van der Waals surface area contributed by atoms with Crippen LogP contribution in [-0.2, 0) is 9.53 Å². The maximum absolute atomic E-state index is 12.2. The lowest BCUT2D eigenvalue weighted by Crippen LogP contribution is -2.38. The number of carbonyl (C=O) groups excluding carboxylic acids is 1. The van der Waals surface area contributed by atoms with Crippen LogP contribution in [0.2, 0.25) is 0 Å². The van der Waals surface area contributed by atoms with Gasteiger partial charge in [0.2, 0.25) is 0 Å². The molecule has 0 bridgehead atoms. The Morgan fingerprint density at radius 3 is 2.55 bits per heavy atom. The van der Waals surface area contributed by atoms with E-state index in [1.807, 2.05) is 45.9 Å². The molecular formula is C18H29NO3. The number of amides is 1. The summed E-state index contributed by atoms with van der Waals surface area (Å²) in [4.78, 5) is 12.2. The quantitative estimate of drug-likeness (QED) is 0.711. The van der Waals surface area contributed by atoms with Gasteiger partial charge in [-0.3, -0.25) is 4.79 Å². The zero-order valence-electron chi connectivity index (χ0n) is 14.4. The molecule has 0 aliphatic carbocycles. The molecule has 0 heterocycles. The molecule has 4 heteroatoms. The van der Waals surface area contributed by atoms with E-state index in [1.54, 1.807) is 0 Å².